The molecule has 1 fully saturated rings. The molecule has 2 amide bonds. The standard InChI is InChI=1S/C34H43N3O5S/c1-4-35(21-8-9-22-36-23-10-24-37(26-33(36)38)34(39)29-11-6-5-7-12-29)27(2)25-28-13-17-31(18-14-28)43(40,41)32-19-15-30(42-3)16-20-32/h5-7,11-20,27H,4,8-10,21-26H2,1-3H3. The summed E-state index contributed by atoms with van der Waals surface area (Å²) in [7, 11) is -2.05. The molecule has 0 aliphatic carbocycles. The topological polar surface area (TPSA) is 87.2 Å². The van der Waals surface area contributed by atoms with Crippen molar-refractivity contribution in [3.05, 3.63) is 90.0 Å². The summed E-state index contributed by atoms with van der Waals surface area (Å²) in [6, 6.07) is 23.0. The van der Waals surface area contributed by atoms with E-state index in [1.807, 2.05) is 35.2 Å². The van der Waals surface area contributed by atoms with E-state index in [0.29, 0.717) is 30.9 Å². The molecule has 1 atom stereocenters. The minimum atomic E-state index is -3.59. The number of unbranched alkanes of at least 4 members (excludes halogenated alkanes) is 1. The van der Waals surface area contributed by atoms with Crippen LogP contribution in [0.2, 0.25) is 0 Å². The minimum Gasteiger partial charge on any atom is -0.497 e. The van der Waals surface area contributed by atoms with Crippen LogP contribution in [-0.4, -0.2) is 87.4 Å². The fourth-order valence-electron chi connectivity index (χ4n) is 5.57. The number of likely N-dealkylation sites (N-methyl/N-ethyl adjacent to an activating group) is 1. The van der Waals surface area contributed by atoms with Gasteiger partial charge in [-0.25, -0.2) is 8.42 Å². The predicted molar refractivity (Wildman–Crippen MR) is 168 cm³/mol. The lowest BCUT2D eigenvalue weighted by Gasteiger charge is -2.28. The average Bonchev–Trinajstić information content (AvgIpc) is 3.22. The third-order valence-corrected chi connectivity index (χ3v) is 9.92. The first-order valence-electron chi connectivity index (χ1n) is 15.1. The largest absolute Gasteiger partial charge is 0.497 e. The third-order valence-electron chi connectivity index (χ3n) is 8.13. The van der Waals surface area contributed by atoms with Crippen molar-refractivity contribution in [3.8, 4) is 5.75 Å². The monoisotopic (exact) mass is 605 g/mol. The molecule has 1 unspecified atom stereocenters. The summed E-state index contributed by atoms with van der Waals surface area (Å²) in [6.07, 6.45) is 3.46. The van der Waals surface area contributed by atoms with Crippen LogP contribution in [0.25, 0.3) is 0 Å². The molecule has 0 saturated carbocycles. The number of hydrogen-bond acceptors (Lipinski definition) is 6. The van der Waals surface area contributed by atoms with Gasteiger partial charge in [-0.1, -0.05) is 37.3 Å². The lowest BCUT2D eigenvalue weighted by atomic mass is 10.1. The van der Waals surface area contributed by atoms with Crippen molar-refractivity contribution in [3.63, 3.8) is 0 Å². The Bertz CT molecular complexity index is 1440. The van der Waals surface area contributed by atoms with Crippen molar-refractivity contribution in [2.75, 3.05) is 46.4 Å². The van der Waals surface area contributed by atoms with Gasteiger partial charge in [0.15, 0.2) is 0 Å². The smallest absolute Gasteiger partial charge is 0.254 e. The summed E-state index contributed by atoms with van der Waals surface area (Å²) in [5, 5.41) is 0. The number of carbonyl (C=O) groups excluding carboxylic acids is 2. The highest BCUT2D eigenvalue weighted by atomic mass is 32.2. The molecule has 1 aliphatic heterocycles. The second kappa shape index (κ2) is 15.2. The van der Waals surface area contributed by atoms with E-state index in [9.17, 15) is 18.0 Å². The number of rotatable bonds is 13. The fourth-order valence-corrected chi connectivity index (χ4v) is 6.83. The SMILES string of the molecule is CCN(CCCCN1CCCN(C(=O)c2ccccc2)CC1=O)C(C)Cc1ccc(S(=O)(=O)c2ccc(OC)cc2)cc1. The maximum absolute atomic E-state index is 13.0. The summed E-state index contributed by atoms with van der Waals surface area (Å²) in [5.41, 5.74) is 1.71. The normalized spacial score (nSPS) is 14.9. The molecule has 8 nitrogen and oxygen atoms in total. The highest BCUT2D eigenvalue weighted by Crippen LogP contribution is 2.24. The van der Waals surface area contributed by atoms with E-state index in [2.05, 4.69) is 18.7 Å². The Hall–Kier alpha value is -3.69. The Balaban J connectivity index is 1.23. The van der Waals surface area contributed by atoms with E-state index in [1.165, 1.54) is 0 Å². The van der Waals surface area contributed by atoms with Crippen LogP contribution in [0.1, 0.15) is 49.0 Å². The van der Waals surface area contributed by atoms with Crippen LogP contribution in [0.15, 0.2) is 88.7 Å². The Morgan fingerprint density at radius 3 is 2.21 bits per heavy atom. The van der Waals surface area contributed by atoms with Gasteiger partial charge in [-0.15, -0.1) is 0 Å². The van der Waals surface area contributed by atoms with Crippen LogP contribution in [0, 0.1) is 0 Å². The summed E-state index contributed by atoms with van der Waals surface area (Å²) in [6.45, 7) is 8.27. The molecule has 1 aliphatic rings. The van der Waals surface area contributed by atoms with Gasteiger partial charge < -0.3 is 19.4 Å². The van der Waals surface area contributed by atoms with Gasteiger partial charge in [0.25, 0.3) is 5.91 Å². The first-order chi connectivity index (χ1) is 20.7. The summed E-state index contributed by atoms with van der Waals surface area (Å²) in [5.74, 6) is 0.541. The van der Waals surface area contributed by atoms with E-state index >= 15 is 0 Å². The van der Waals surface area contributed by atoms with Gasteiger partial charge in [0.05, 0.1) is 16.9 Å². The predicted octanol–water partition coefficient (Wildman–Crippen LogP) is 4.94. The van der Waals surface area contributed by atoms with Crippen LogP contribution >= 0.6 is 0 Å². The fraction of sp³-hybridized carbons (Fsp3) is 0.412. The molecule has 0 N–H and O–H groups in total. The second-order valence-corrected chi connectivity index (χ2v) is 13.0. The number of sulfone groups is 1. The number of nitrogens with zero attached hydrogens (tertiary/aromatic N) is 3. The number of methoxy groups -OCH3 is 1. The Morgan fingerprint density at radius 1 is 0.930 bits per heavy atom. The molecule has 4 rings (SSSR count). The summed E-state index contributed by atoms with van der Waals surface area (Å²) >= 11 is 0. The zero-order chi connectivity index (χ0) is 30.8. The molecule has 1 saturated heterocycles. The van der Waals surface area contributed by atoms with Crippen molar-refractivity contribution >= 4 is 21.7 Å². The van der Waals surface area contributed by atoms with Crippen LogP contribution < -0.4 is 4.74 Å². The highest BCUT2D eigenvalue weighted by Gasteiger charge is 2.25. The van der Waals surface area contributed by atoms with Crippen molar-refractivity contribution in [2.45, 2.75) is 55.4 Å². The van der Waals surface area contributed by atoms with Crippen molar-refractivity contribution < 1.29 is 22.7 Å². The zero-order valence-electron chi connectivity index (χ0n) is 25.4. The molecule has 0 spiro atoms. The molecular weight excluding hydrogens is 562 g/mol. The van der Waals surface area contributed by atoms with E-state index < -0.39 is 9.84 Å². The Morgan fingerprint density at radius 2 is 1.58 bits per heavy atom. The van der Waals surface area contributed by atoms with Gasteiger partial charge in [0, 0.05) is 31.2 Å². The number of benzene rings is 3. The number of hydrogen-bond donors (Lipinski definition) is 0. The summed E-state index contributed by atoms with van der Waals surface area (Å²) < 4.78 is 31.2. The minimum absolute atomic E-state index is 0.0138. The summed E-state index contributed by atoms with van der Waals surface area (Å²) in [4.78, 5) is 32.3. The van der Waals surface area contributed by atoms with Gasteiger partial charge in [0.2, 0.25) is 15.7 Å². The maximum atomic E-state index is 13.0. The third kappa shape index (κ3) is 8.45. The van der Waals surface area contributed by atoms with Crippen molar-refractivity contribution in [1.29, 1.82) is 0 Å². The Labute approximate surface area is 256 Å². The van der Waals surface area contributed by atoms with Gasteiger partial charge in [-0.05, 0) is 99.8 Å². The second-order valence-electron chi connectivity index (χ2n) is 11.0. The Kier molecular flexibility index (Phi) is 11.4. The van der Waals surface area contributed by atoms with E-state index in [0.717, 1.165) is 44.3 Å². The molecule has 230 valence electrons. The van der Waals surface area contributed by atoms with Crippen LogP contribution in [0.3, 0.4) is 0 Å². The first kappa shape index (κ1) is 32.2. The number of amides is 2. The van der Waals surface area contributed by atoms with E-state index in [4.69, 9.17) is 4.74 Å². The van der Waals surface area contributed by atoms with Gasteiger partial charge in [-0.2, -0.15) is 0 Å². The van der Waals surface area contributed by atoms with Crippen molar-refractivity contribution in [1.82, 2.24) is 14.7 Å². The first-order valence-corrected chi connectivity index (χ1v) is 16.6. The average molecular weight is 606 g/mol. The molecule has 43 heavy (non-hydrogen) atoms. The van der Waals surface area contributed by atoms with Crippen LogP contribution in [0.5, 0.6) is 5.75 Å². The van der Waals surface area contributed by atoms with Crippen molar-refractivity contribution in [2.24, 2.45) is 0 Å². The molecule has 1 heterocycles. The molecular formula is C34H43N3O5S. The van der Waals surface area contributed by atoms with E-state index in [1.54, 1.807) is 60.5 Å². The molecule has 3 aromatic carbocycles. The lowest BCUT2D eigenvalue weighted by molar-refractivity contribution is -0.130. The van der Waals surface area contributed by atoms with Crippen LogP contribution in [0.4, 0.5) is 0 Å². The number of carbonyl (C=O) groups is 2. The molecule has 9 heteroatoms. The van der Waals surface area contributed by atoms with Crippen LogP contribution in [-0.2, 0) is 21.1 Å². The van der Waals surface area contributed by atoms with E-state index in [-0.39, 0.29) is 34.2 Å². The van der Waals surface area contributed by atoms with Gasteiger partial charge in [0.1, 0.15) is 12.3 Å². The molecule has 0 aromatic heterocycles. The number of ether oxygens (including phenoxy) is 1. The quantitative estimate of drug-likeness (QED) is 0.257. The van der Waals surface area contributed by atoms with Gasteiger partial charge >= 0.3 is 0 Å². The molecule has 0 bridgehead atoms. The maximum Gasteiger partial charge on any atom is 0.254 e. The highest BCUT2D eigenvalue weighted by molar-refractivity contribution is 7.91. The molecule has 0 radical (unpaired) electrons. The lowest BCUT2D eigenvalue weighted by Crippen LogP contribution is -2.40. The zero-order valence-corrected chi connectivity index (χ0v) is 26.3. The van der Waals surface area contributed by atoms with Gasteiger partial charge in [-0.3, -0.25) is 9.59 Å². The molecule has 3 aromatic rings.